The number of ether oxygens (including phenoxy) is 1. The van der Waals surface area contributed by atoms with Crippen molar-refractivity contribution in [2.75, 3.05) is 20.1 Å². The van der Waals surface area contributed by atoms with Crippen LogP contribution in [0.3, 0.4) is 0 Å². The molecule has 1 aromatic carbocycles. The highest BCUT2D eigenvalue weighted by Gasteiger charge is 2.26. The summed E-state index contributed by atoms with van der Waals surface area (Å²) in [6.07, 6.45) is 1.81. The van der Waals surface area contributed by atoms with Crippen molar-refractivity contribution in [3.63, 3.8) is 0 Å². The van der Waals surface area contributed by atoms with Gasteiger partial charge >= 0.3 is 0 Å². The second-order valence-electron chi connectivity index (χ2n) is 8.36. The number of carbonyl (C=O) groups is 1. The third-order valence-corrected chi connectivity index (χ3v) is 6.37. The Kier molecular flexibility index (Phi) is 6.73. The van der Waals surface area contributed by atoms with Gasteiger partial charge in [0.05, 0.1) is 5.69 Å². The summed E-state index contributed by atoms with van der Waals surface area (Å²) in [5.41, 5.74) is 4.11. The molecular weight excluding hydrogens is 408 g/mol. The van der Waals surface area contributed by atoms with E-state index in [1.54, 1.807) is 16.0 Å². The molecule has 31 heavy (non-hydrogen) atoms. The number of nitrogens with zero attached hydrogens (tertiary/aromatic N) is 4. The normalized spacial score (nSPS) is 14.9. The van der Waals surface area contributed by atoms with Gasteiger partial charge in [0.15, 0.2) is 0 Å². The van der Waals surface area contributed by atoms with Crippen LogP contribution >= 0.6 is 11.3 Å². The number of aromatic nitrogens is 2. The number of amides is 1. The van der Waals surface area contributed by atoms with Crippen LogP contribution < -0.4 is 4.74 Å². The van der Waals surface area contributed by atoms with Crippen LogP contribution in [-0.4, -0.2) is 51.7 Å². The lowest BCUT2D eigenvalue weighted by molar-refractivity contribution is 0.0585. The van der Waals surface area contributed by atoms with Gasteiger partial charge in [-0.2, -0.15) is 16.4 Å². The minimum Gasteiger partial charge on any atom is -0.490 e. The molecule has 1 aliphatic rings. The van der Waals surface area contributed by atoms with E-state index in [0.717, 1.165) is 37.4 Å². The zero-order valence-corrected chi connectivity index (χ0v) is 19.3. The van der Waals surface area contributed by atoms with Gasteiger partial charge in [0.25, 0.3) is 5.91 Å². The van der Waals surface area contributed by atoms with Crippen LogP contribution in [0.25, 0.3) is 0 Å². The number of hydrogen-bond acceptors (Lipinski definition) is 5. The van der Waals surface area contributed by atoms with E-state index in [1.165, 1.54) is 11.1 Å². The zero-order chi connectivity index (χ0) is 21.8. The summed E-state index contributed by atoms with van der Waals surface area (Å²) in [7, 11) is 3.96. The number of rotatable bonds is 7. The van der Waals surface area contributed by atoms with E-state index in [4.69, 9.17) is 4.74 Å². The summed E-state index contributed by atoms with van der Waals surface area (Å²) in [6.45, 7) is 5.14. The van der Waals surface area contributed by atoms with Crippen LogP contribution in [0.1, 0.15) is 40.2 Å². The van der Waals surface area contributed by atoms with Gasteiger partial charge in [0, 0.05) is 46.1 Å². The molecule has 2 aromatic heterocycles. The summed E-state index contributed by atoms with van der Waals surface area (Å²) in [5.74, 6) is 0.964. The molecule has 3 aromatic rings. The van der Waals surface area contributed by atoms with Crippen LogP contribution in [0, 0.1) is 6.92 Å². The molecule has 0 radical (unpaired) electrons. The second kappa shape index (κ2) is 9.66. The lowest BCUT2D eigenvalue weighted by atomic mass is 10.1. The molecule has 0 saturated carbocycles. The SMILES string of the molecule is Cc1cc(C(=O)N2CCC(Oc3cccc(CN(C)Cc4ccsc4)c3)CC2)n(C)n1. The molecule has 1 saturated heterocycles. The Balaban J connectivity index is 1.29. The third kappa shape index (κ3) is 5.54. The van der Waals surface area contributed by atoms with Gasteiger partial charge < -0.3 is 9.64 Å². The zero-order valence-electron chi connectivity index (χ0n) is 18.5. The standard InChI is InChI=1S/C24H30N4O2S/c1-18-13-23(27(3)25-18)24(29)28-10-7-21(8-11-28)30-22-6-4-5-19(14-22)15-26(2)16-20-9-12-31-17-20/h4-6,9,12-14,17,21H,7-8,10-11,15-16H2,1-3H3. The Morgan fingerprint density at radius 1 is 1.19 bits per heavy atom. The Morgan fingerprint density at radius 2 is 1.97 bits per heavy atom. The van der Waals surface area contributed by atoms with E-state index in [2.05, 4.69) is 52.1 Å². The van der Waals surface area contributed by atoms with E-state index in [9.17, 15) is 4.79 Å². The molecule has 7 heteroatoms. The summed E-state index contributed by atoms with van der Waals surface area (Å²) in [6, 6.07) is 12.4. The van der Waals surface area contributed by atoms with Crippen molar-refractivity contribution in [1.82, 2.24) is 19.6 Å². The molecule has 6 nitrogen and oxygen atoms in total. The lowest BCUT2D eigenvalue weighted by Gasteiger charge is -2.32. The second-order valence-corrected chi connectivity index (χ2v) is 9.14. The highest BCUT2D eigenvalue weighted by molar-refractivity contribution is 7.07. The van der Waals surface area contributed by atoms with Crippen LogP contribution in [0.4, 0.5) is 0 Å². The first kappa shape index (κ1) is 21.6. The van der Waals surface area contributed by atoms with E-state index in [1.807, 2.05) is 31.0 Å². The van der Waals surface area contributed by atoms with Crippen molar-refractivity contribution in [3.05, 3.63) is 69.7 Å². The van der Waals surface area contributed by atoms with Gasteiger partial charge in [-0.25, -0.2) is 0 Å². The minimum absolute atomic E-state index is 0.0530. The first-order valence-electron chi connectivity index (χ1n) is 10.7. The fraction of sp³-hybridized carbons (Fsp3) is 0.417. The summed E-state index contributed by atoms with van der Waals surface area (Å²) < 4.78 is 7.94. The Bertz CT molecular complexity index is 1010. The maximum Gasteiger partial charge on any atom is 0.272 e. The molecule has 1 aliphatic heterocycles. The molecular formula is C24H30N4O2S. The summed E-state index contributed by atoms with van der Waals surface area (Å²) in [5, 5.41) is 8.60. The van der Waals surface area contributed by atoms with E-state index < -0.39 is 0 Å². The molecule has 0 unspecified atom stereocenters. The van der Waals surface area contributed by atoms with Gasteiger partial charge in [-0.05, 0) is 60.1 Å². The smallest absolute Gasteiger partial charge is 0.272 e. The maximum absolute atomic E-state index is 12.8. The van der Waals surface area contributed by atoms with E-state index in [-0.39, 0.29) is 12.0 Å². The van der Waals surface area contributed by atoms with Crippen LogP contribution in [0.5, 0.6) is 5.75 Å². The maximum atomic E-state index is 12.8. The minimum atomic E-state index is 0.0530. The molecule has 1 fully saturated rings. The predicted molar refractivity (Wildman–Crippen MR) is 123 cm³/mol. The van der Waals surface area contributed by atoms with Crippen molar-refractivity contribution < 1.29 is 9.53 Å². The highest BCUT2D eigenvalue weighted by atomic mass is 32.1. The highest BCUT2D eigenvalue weighted by Crippen LogP contribution is 2.22. The van der Waals surface area contributed by atoms with Crippen LogP contribution in [-0.2, 0) is 20.1 Å². The van der Waals surface area contributed by atoms with Gasteiger partial charge in [-0.15, -0.1) is 0 Å². The van der Waals surface area contributed by atoms with Gasteiger partial charge in [0.1, 0.15) is 17.5 Å². The first-order valence-corrected chi connectivity index (χ1v) is 11.7. The van der Waals surface area contributed by atoms with Gasteiger partial charge in [-0.1, -0.05) is 12.1 Å². The number of likely N-dealkylation sites (tertiary alicyclic amines) is 1. The van der Waals surface area contributed by atoms with E-state index in [0.29, 0.717) is 18.8 Å². The third-order valence-electron chi connectivity index (χ3n) is 5.64. The van der Waals surface area contributed by atoms with E-state index >= 15 is 0 Å². The molecule has 0 spiro atoms. The fourth-order valence-electron chi connectivity index (χ4n) is 4.12. The number of hydrogen-bond donors (Lipinski definition) is 0. The molecule has 0 bridgehead atoms. The Labute approximate surface area is 188 Å². The topological polar surface area (TPSA) is 50.6 Å². The van der Waals surface area contributed by atoms with Crippen LogP contribution in [0.15, 0.2) is 47.2 Å². The van der Waals surface area contributed by atoms with Crippen LogP contribution in [0.2, 0.25) is 0 Å². The Morgan fingerprint density at radius 3 is 2.65 bits per heavy atom. The molecule has 0 atom stereocenters. The van der Waals surface area contributed by atoms with Crippen molar-refractivity contribution in [3.8, 4) is 5.75 Å². The van der Waals surface area contributed by atoms with Gasteiger partial charge in [0.2, 0.25) is 0 Å². The number of piperidine rings is 1. The largest absolute Gasteiger partial charge is 0.490 e. The van der Waals surface area contributed by atoms with Crippen molar-refractivity contribution in [2.45, 2.75) is 39.0 Å². The lowest BCUT2D eigenvalue weighted by Crippen LogP contribution is -2.42. The predicted octanol–water partition coefficient (Wildman–Crippen LogP) is 4.11. The molecule has 3 heterocycles. The van der Waals surface area contributed by atoms with Crippen molar-refractivity contribution >= 4 is 17.2 Å². The Hall–Kier alpha value is -2.64. The fourth-order valence-corrected chi connectivity index (χ4v) is 4.78. The van der Waals surface area contributed by atoms with Gasteiger partial charge in [-0.3, -0.25) is 14.4 Å². The van der Waals surface area contributed by atoms with Crippen molar-refractivity contribution in [1.29, 1.82) is 0 Å². The first-order chi connectivity index (χ1) is 15.0. The average molecular weight is 439 g/mol. The monoisotopic (exact) mass is 438 g/mol. The number of carbonyl (C=O) groups excluding carboxylic acids is 1. The number of aryl methyl sites for hydroxylation is 2. The number of thiophene rings is 1. The average Bonchev–Trinajstić information content (AvgIpc) is 3.37. The molecule has 0 N–H and O–H groups in total. The summed E-state index contributed by atoms with van der Waals surface area (Å²) >= 11 is 1.74. The molecule has 1 amide bonds. The summed E-state index contributed by atoms with van der Waals surface area (Å²) in [4.78, 5) is 17.0. The molecule has 0 aliphatic carbocycles. The molecule has 4 rings (SSSR count). The van der Waals surface area contributed by atoms with Crippen molar-refractivity contribution in [2.24, 2.45) is 7.05 Å². The quantitative estimate of drug-likeness (QED) is 0.557. The molecule has 164 valence electrons. The number of benzene rings is 1.